The molecule has 6 heteroatoms. The molecular weight excluding hydrogens is 218 g/mol. The first-order valence-electron chi connectivity index (χ1n) is 5.52. The smallest absolute Gasteiger partial charge is 0.159 e. The first-order valence-corrected chi connectivity index (χ1v) is 5.52. The molecule has 0 atom stereocenters. The molecule has 2 N–H and O–H groups in total. The fourth-order valence-electron chi connectivity index (χ4n) is 1.83. The average Bonchev–Trinajstić information content (AvgIpc) is 3.07. The SMILES string of the molecule is COc1ccc(N)cc1-n1nnnc1C1CC1. The van der Waals surface area contributed by atoms with Gasteiger partial charge in [0.2, 0.25) is 0 Å². The molecule has 0 aliphatic heterocycles. The van der Waals surface area contributed by atoms with Crippen LogP contribution in [0.15, 0.2) is 18.2 Å². The molecule has 0 saturated heterocycles. The first kappa shape index (κ1) is 10.1. The van der Waals surface area contributed by atoms with Crippen LogP contribution in [0.1, 0.15) is 24.6 Å². The summed E-state index contributed by atoms with van der Waals surface area (Å²) in [6.07, 6.45) is 2.29. The number of nitrogen functional groups attached to an aromatic ring is 1. The Labute approximate surface area is 98.4 Å². The molecule has 2 aromatic rings. The number of aromatic nitrogens is 4. The number of hydrogen-bond acceptors (Lipinski definition) is 5. The van der Waals surface area contributed by atoms with E-state index in [9.17, 15) is 0 Å². The predicted octanol–water partition coefficient (Wildman–Crippen LogP) is 1.13. The quantitative estimate of drug-likeness (QED) is 0.801. The van der Waals surface area contributed by atoms with Crippen LogP contribution < -0.4 is 10.5 Å². The summed E-state index contributed by atoms with van der Waals surface area (Å²) in [5.74, 6) is 2.07. The van der Waals surface area contributed by atoms with Gasteiger partial charge in [0.25, 0.3) is 0 Å². The summed E-state index contributed by atoms with van der Waals surface area (Å²) in [4.78, 5) is 0. The van der Waals surface area contributed by atoms with E-state index in [4.69, 9.17) is 10.5 Å². The van der Waals surface area contributed by atoms with Crippen molar-refractivity contribution in [1.29, 1.82) is 0 Å². The summed E-state index contributed by atoms with van der Waals surface area (Å²) in [5, 5.41) is 11.8. The predicted molar refractivity (Wildman–Crippen MR) is 62.1 cm³/mol. The number of hydrogen-bond donors (Lipinski definition) is 1. The van der Waals surface area contributed by atoms with Crippen LogP contribution in [0, 0.1) is 0 Å². The lowest BCUT2D eigenvalue weighted by Crippen LogP contribution is -2.05. The van der Waals surface area contributed by atoms with E-state index in [0.717, 1.165) is 24.4 Å². The lowest BCUT2D eigenvalue weighted by Gasteiger charge is -2.09. The second-order valence-electron chi connectivity index (χ2n) is 4.15. The van der Waals surface area contributed by atoms with E-state index in [0.29, 0.717) is 17.4 Å². The van der Waals surface area contributed by atoms with Gasteiger partial charge >= 0.3 is 0 Å². The monoisotopic (exact) mass is 231 g/mol. The van der Waals surface area contributed by atoms with Crippen molar-refractivity contribution in [2.24, 2.45) is 0 Å². The second-order valence-corrected chi connectivity index (χ2v) is 4.15. The van der Waals surface area contributed by atoms with Crippen molar-refractivity contribution >= 4 is 5.69 Å². The summed E-state index contributed by atoms with van der Waals surface area (Å²) in [5.41, 5.74) is 7.25. The molecule has 0 unspecified atom stereocenters. The van der Waals surface area contributed by atoms with Crippen molar-refractivity contribution in [3.8, 4) is 11.4 Å². The summed E-state index contributed by atoms with van der Waals surface area (Å²) < 4.78 is 7.02. The van der Waals surface area contributed by atoms with Crippen molar-refractivity contribution < 1.29 is 4.74 Å². The van der Waals surface area contributed by atoms with E-state index < -0.39 is 0 Å². The lowest BCUT2D eigenvalue weighted by molar-refractivity contribution is 0.411. The maximum atomic E-state index is 5.79. The summed E-state index contributed by atoms with van der Waals surface area (Å²) in [6.45, 7) is 0. The van der Waals surface area contributed by atoms with Gasteiger partial charge in [-0.1, -0.05) is 0 Å². The molecule has 3 rings (SSSR count). The largest absolute Gasteiger partial charge is 0.494 e. The Hall–Kier alpha value is -2.11. The minimum absolute atomic E-state index is 0.469. The Morgan fingerprint density at radius 2 is 2.24 bits per heavy atom. The van der Waals surface area contributed by atoms with E-state index >= 15 is 0 Å². The summed E-state index contributed by atoms with van der Waals surface area (Å²) in [6, 6.07) is 5.44. The van der Waals surface area contributed by atoms with Gasteiger partial charge in [0.15, 0.2) is 5.82 Å². The Morgan fingerprint density at radius 1 is 1.41 bits per heavy atom. The third kappa shape index (κ3) is 1.71. The zero-order valence-electron chi connectivity index (χ0n) is 9.50. The number of tetrazole rings is 1. The minimum atomic E-state index is 0.469. The van der Waals surface area contributed by atoms with Crippen molar-refractivity contribution in [3.05, 3.63) is 24.0 Å². The molecule has 1 aliphatic rings. The van der Waals surface area contributed by atoms with Crippen LogP contribution in [-0.4, -0.2) is 27.3 Å². The molecule has 1 aromatic heterocycles. The summed E-state index contributed by atoms with van der Waals surface area (Å²) >= 11 is 0. The molecule has 88 valence electrons. The highest BCUT2D eigenvalue weighted by Gasteiger charge is 2.30. The van der Waals surface area contributed by atoms with Crippen LogP contribution in [0.2, 0.25) is 0 Å². The molecule has 1 fully saturated rings. The van der Waals surface area contributed by atoms with E-state index in [1.54, 1.807) is 17.9 Å². The van der Waals surface area contributed by atoms with Crippen molar-refractivity contribution in [3.63, 3.8) is 0 Å². The van der Waals surface area contributed by atoms with Crippen LogP contribution in [0.25, 0.3) is 5.69 Å². The van der Waals surface area contributed by atoms with Gasteiger partial charge in [0, 0.05) is 11.6 Å². The van der Waals surface area contributed by atoms with Crippen molar-refractivity contribution in [2.45, 2.75) is 18.8 Å². The number of anilines is 1. The number of benzene rings is 1. The average molecular weight is 231 g/mol. The maximum absolute atomic E-state index is 5.79. The third-order valence-corrected chi connectivity index (χ3v) is 2.87. The molecule has 0 radical (unpaired) electrons. The van der Waals surface area contributed by atoms with Gasteiger partial charge in [-0.2, -0.15) is 4.68 Å². The topological polar surface area (TPSA) is 78.9 Å². The molecule has 0 bridgehead atoms. The lowest BCUT2D eigenvalue weighted by atomic mass is 10.2. The zero-order valence-corrected chi connectivity index (χ0v) is 9.50. The van der Waals surface area contributed by atoms with Gasteiger partial charge in [-0.25, -0.2) is 0 Å². The van der Waals surface area contributed by atoms with Crippen molar-refractivity contribution in [2.75, 3.05) is 12.8 Å². The van der Waals surface area contributed by atoms with Crippen LogP contribution in [0.5, 0.6) is 5.75 Å². The molecule has 1 aliphatic carbocycles. The molecule has 6 nitrogen and oxygen atoms in total. The minimum Gasteiger partial charge on any atom is -0.494 e. The van der Waals surface area contributed by atoms with Crippen molar-refractivity contribution in [1.82, 2.24) is 20.2 Å². The molecule has 17 heavy (non-hydrogen) atoms. The maximum Gasteiger partial charge on any atom is 0.159 e. The molecule has 1 saturated carbocycles. The Bertz CT molecular complexity index is 547. The number of nitrogens with two attached hydrogens (primary N) is 1. The van der Waals surface area contributed by atoms with Crippen LogP contribution in [0.4, 0.5) is 5.69 Å². The fourth-order valence-corrected chi connectivity index (χ4v) is 1.83. The van der Waals surface area contributed by atoms with E-state index in [2.05, 4.69) is 15.5 Å². The van der Waals surface area contributed by atoms with Gasteiger partial charge in [0.05, 0.1) is 7.11 Å². The number of rotatable bonds is 3. The van der Waals surface area contributed by atoms with E-state index in [1.807, 2.05) is 12.1 Å². The zero-order chi connectivity index (χ0) is 11.8. The highest BCUT2D eigenvalue weighted by molar-refractivity contribution is 5.56. The first-order chi connectivity index (χ1) is 8.29. The van der Waals surface area contributed by atoms with Crippen LogP contribution >= 0.6 is 0 Å². The second kappa shape index (κ2) is 3.73. The number of ether oxygens (including phenoxy) is 1. The van der Waals surface area contributed by atoms with E-state index in [-0.39, 0.29) is 0 Å². The fraction of sp³-hybridized carbons (Fsp3) is 0.364. The van der Waals surface area contributed by atoms with E-state index in [1.165, 1.54) is 0 Å². The molecule has 1 aromatic carbocycles. The molecular formula is C11H13N5O. The molecule has 0 amide bonds. The highest BCUT2D eigenvalue weighted by Crippen LogP contribution is 2.40. The van der Waals surface area contributed by atoms with Gasteiger partial charge in [-0.3, -0.25) is 0 Å². The number of nitrogens with zero attached hydrogens (tertiary/aromatic N) is 4. The Balaban J connectivity index is 2.13. The van der Waals surface area contributed by atoms with Gasteiger partial charge in [-0.05, 0) is 41.5 Å². The molecule has 0 spiro atoms. The van der Waals surface area contributed by atoms with Crippen LogP contribution in [-0.2, 0) is 0 Å². The van der Waals surface area contributed by atoms with Gasteiger partial charge in [0.1, 0.15) is 11.4 Å². The molecule has 1 heterocycles. The standard InChI is InChI=1S/C11H13N5O/c1-17-10-5-4-8(12)6-9(10)16-11(7-2-3-7)13-14-15-16/h4-7H,2-3,12H2,1H3. The van der Waals surface area contributed by atoms with Gasteiger partial charge in [-0.15, -0.1) is 5.10 Å². The normalized spacial score (nSPS) is 14.9. The Kier molecular flexibility index (Phi) is 2.21. The summed E-state index contributed by atoms with van der Waals surface area (Å²) in [7, 11) is 1.62. The number of methoxy groups -OCH3 is 1. The highest BCUT2D eigenvalue weighted by atomic mass is 16.5. The van der Waals surface area contributed by atoms with Crippen LogP contribution in [0.3, 0.4) is 0 Å². The third-order valence-electron chi connectivity index (χ3n) is 2.87. The Morgan fingerprint density at radius 3 is 2.94 bits per heavy atom. The van der Waals surface area contributed by atoms with Gasteiger partial charge < -0.3 is 10.5 Å².